The Kier molecular flexibility index (Phi) is 7.25. The first kappa shape index (κ1) is 25.7. The number of hydrogen-bond donors (Lipinski definition) is 2. The van der Waals surface area contributed by atoms with Crippen LogP contribution >= 0.6 is 11.6 Å². The Bertz CT molecular complexity index is 1660. The van der Waals surface area contributed by atoms with E-state index in [9.17, 15) is 9.65 Å². The number of nitrogens with one attached hydrogen (secondary N) is 2. The third-order valence-electron chi connectivity index (χ3n) is 7.01. The first-order chi connectivity index (χ1) is 19.6. The first-order valence-corrected chi connectivity index (χ1v) is 13.5. The summed E-state index contributed by atoms with van der Waals surface area (Å²) in [5.74, 6) is 0.301. The van der Waals surface area contributed by atoms with Crippen molar-refractivity contribution in [2.24, 2.45) is 0 Å². The summed E-state index contributed by atoms with van der Waals surface area (Å²) < 4.78 is 15.7. The lowest BCUT2D eigenvalue weighted by atomic mass is 10.0. The molecule has 200 valence electrons. The van der Waals surface area contributed by atoms with Crippen LogP contribution in [0.3, 0.4) is 0 Å². The third-order valence-corrected chi connectivity index (χ3v) is 7.30. The van der Waals surface area contributed by atoms with E-state index in [0.717, 1.165) is 40.7 Å². The molecule has 2 aromatic heterocycles. The van der Waals surface area contributed by atoms with Gasteiger partial charge in [0.1, 0.15) is 23.7 Å². The standard InChI is InChI=1S/C30H26ClFN8/c31-25-16-22(36-28(20-8-10-21(32)11-9-20)27-17-40(39-38-27)23-12-13-23)15-24-29(25)34-18-35-30(24)37-26(7-4-14-33)19-5-2-1-3-6-19/h1-3,5-6,8-11,15-18,23,26,28,36H,4,7,12-13H2,(H,34,35,37)/t26-,28?/m1/s1. The molecule has 1 unspecified atom stereocenters. The van der Waals surface area contributed by atoms with E-state index in [4.69, 9.17) is 11.6 Å². The van der Waals surface area contributed by atoms with E-state index in [1.807, 2.05) is 53.3 Å². The Balaban J connectivity index is 1.37. The van der Waals surface area contributed by atoms with Gasteiger partial charge in [-0.1, -0.05) is 59.3 Å². The molecule has 1 fully saturated rings. The summed E-state index contributed by atoms with van der Waals surface area (Å²) in [4.78, 5) is 8.97. The molecule has 1 aliphatic rings. The fraction of sp³-hybridized carbons (Fsp3) is 0.233. The molecule has 5 aromatic rings. The fourth-order valence-electron chi connectivity index (χ4n) is 4.79. The molecule has 6 rings (SSSR count). The highest BCUT2D eigenvalue weighted by atomic mass is 35.5. The Hall–Kier alpha value is -4.55. The maximum Gasteiger partial charge on any atom is 0.137 e. The van der Waals surface area contributed by atoms with Crippen molar-refractivity contribution >= 4 is 34.0 Å². The molecule has 1 saturated carbocycles. The number of halogens is 2. The molecule has 1 aliphatic carbocycles. The molecule has 0 bridgehead atoms. The van der Waals surface area contributed by atoms with Gasteiger partial charge in [0, 0.05) is 17.5 Å². The van der Waals surface area contributed by atoms with Crippen molar-refractivity contribution in [2.75, 3.05) is 10.6 Å². The molecule has 3 aromatic carbocycles. The molecule has 0 radical (unpaired) electrons. The maximum atomic E-state index is 13.8. The zero-order chi connectivity index (χ0) is 27.5. The fourth-order valence-corrected chi connectivity index (χ4v) is 5.06. The van der Waals surface area contributed by atoms with Crippen LogP contribution in [-0.4, -0.2) is 25.0 Å². The van der Waals surface area contributed by atoms with E-state index in [2.05, 4.69) is 37.0 Å². The molecule has 2 N–H and O–H groups in total. The van der Waals surface area contributed by atoms with Gasteiger partial charge in [-0.2, -0.15) is 5.26 Å². The quantitative estimate of drug-likeness (QED) is 0.192. The lowest BCUT2D eigenvalue weighted by Crippen LogP contribution is -2.14. The molecule has 2 heterocycles. The molecule has 0 amide bonds. The number of hydrogen-bond acceptors (Lipinski definition) is 7. The molecule has 40 heavy (non-hydrogen) atoms. The van der Waals surface area contributed by atoms with Crippen LogP contribution in [0.5, 0.6) is 0 Å². The normalized spacial score (nSPS) is 14.4. The second-order valence-corrected chi connectivity index (χ2v) is 10.3. The van der Waals surface area contributed by atoms with E-state index in [1.54, 1.807) is 12.1 Å². The minimum atomic E-state index is -0.393. The average Bonchev–Trinajstić information content (AvgIpc) is 3.72. The summed E-state index contributed by atoms with van der Waals surface area (Å²) in [7, 11) is 0. The Morgan fingerprint density at radius 2 is 1.82 bits per heavy atom. The summed E-state index contributed by atoms with van der Waals surface area (Å²) in [6.45, 7) is 0. The Labute approximate surface area is 235 Å². The number of nitrogens with zero attached hydrogens (tertiary/aromatic N) is 6. The average molecular weight is 553 g/mol. The van der Waals surface area contributed by atoms with Crippen LogP contribution in [0.15, 0.2) is 79.3 Å². The predicted molar refractivity (Wildman–Crippen MR) is 152 cm³/mol. The molecule has 10 heteroatoms. The van der Waals surface area contributed by atoms with Gasteiger partial charge in [0.05, 0.1) is 40.9 Å². The van der Waals surface area contributed by atoms with Gasteiger partial charge in [0.15, 0.2) is 0 Å². The van der Waals surface area contributed by atoms with Crippen LogP contribution in [0.2, 0.25) is 5.02 Å². The number of aromatic nitrogens is 5. The monoisotopic (exact) mass is 552 g/mol. The van der Waals surface area contributed by atoms with E-state index in [1.165, 1.54) is 18.5 Å². The first-order valence-electron chi connectivity index (χ1n) is 13.2. The van der Waals surface area contributed by atoms with Crippen molar-refractivity contribution in [3.8, 4) is 6.07 Å². The molecular weight excluding hydrogens is 527 g/mol. The summed E-state index contributed by atoms with van der Waals surface area (Å²) in [6, 6.07) is 22.2. The van der Waals surface area contributed by atoms with E-state index >= 15 is 0 Å². The van der Waals surface area contributed by atoms with Crippen molar-refractivity contribution in [3.05, 3.63) is 107 Å². The van der Waals surface area contributed by atoms with E-state index < -0.39 is 6.04 Å². The van der Waals surface area contributed by atoms with Gasteiger partial charge >= 0.3 is 0 Å². The van der Waals surface area contributed by atoms with Crippen molar-refractivity contribution in [3.63, 3.8) is 0 Å². The summed E-state index contributed by atoms with van der Waals surface area (Å²) >= 11 is 6.74. The lowest BCUT2D eigenvalue weighted by Gasteiger charge is -2.21. The second-order valence-electron chi connectivity index (χ2n) is 9.86. The minimum Gasteiger partial charge on any atom is -0.373 e. The van der Waals surface area contributed by atoms with E-state index in [0.29, 0.717) is 35.2 Å². The Morgan fingerprint density at radius 3 is 2.58 bits per heavy atom. The van der Waals surface area contributed by atoms with Crippen molar-refractivity contribution in [2.45, 2.75) is 43.8 Å². The van der Waals surface area contributed by atoms with Crippen molar-refractivity contribution < 1.29 is 4.39 Å². The highest BCUT2D eigenvalue weighted by Gasteiger charge is 2.27. The molecule has 0 saturated heterocycles. The molecule has 8 nitrogen and oxygen atoms in total. The van der Waals surface area contributed by atoms with Crippen LogP contribution < -0.4 is 10.6 Å². The maximum absolute atomic E-state index is 13.8. The van der Waals surface area contributed by atoms with Gasteiger partial charge in [-0.25, -0.2) is 19.0 Å². The zero-order valence-electron chi connectivity index (χ0n) is 21.5. The smallest absolute Gasteiger partial charge is 0.137 e. The van der Waals surface area contributed by atoms with Gasteiger partial charge in [0.25, 0.3) is 0 Å². The van der Waals surface area contributed by atoms with Gasteiger partial charge in [-0.3, -0.25) is 0 Å². The van der Waals surface area contributed by atoms with Crippen LogP contribution in [0, 0.1) is 17.1 Å². The zero-order valence-corrected chi connectivity index (χ0v) is 22.3. The third kappa shape index (κ3) is 5.58. The van der Waals surface area contributed by atoms with Gasteiger partial charge in [-0.15, -0.1) is 5.10 Å². The van der Waals surface area contributed by atoms with Crippen molar-refractivity contribution in [1.29, 1.82) is 5.26 Å². The topological polar surface area (TPSA) is 104 Å². The minimum absolute atomic E-state index is 0.126. The Morgan fingerprint density at radius 1 is 1.02 bits per heavy atom. The molecule has 2 atom stereocenters. The predicted octanol–water partition coefficient (Wildman–Crippen LogP) is 7.01. The highest BCUT2D eigenvalue weighted by Crippen LogP contribution is 2.37. The number of rotatable bonds is 10. The largest absolute Gasteiger partial charge is 0.373 e. The van der Waals surface area contributed by atoms with Crippen molar-refractivity contribution in [1.82, 2.24) is 25.0 Å². The van der Waals surface area contributed by atoms with Gasteiger partial charge in [-0.05, 0) is 54.7 Å². The summed E-state index contributed by atoms with van der Waals surface area (Å²) in [5, 5.41) is 26.2. The molecule has 0 spiro atoms. The highest BCUT2D eigenvalue weighted by molar-refractivity contribution is 6.35. The lowest BCUT2D eigenvalue weighted by molar-refractivity contribution is 0.610. The summed E-state index contributed by atoms with van der Waals surface area (Å²) in [5.41, 5.74) is 3.94. The number of anilines is 2. The van der Waals surface area contributed by atoms with Crippen LogP contribution in [-0.2, 0) is 0 Å². The summed E-state index contributed by atoms with van der Waals surface area (Å²) in [6.07, 6.45) is 6.60. The van der Waals surface area contributed by atoms with Gasteiger partial charge < -0.3 is 10.6 Å². The van der Waals surface area contributed by atoms with Crippen LogP contribution in [0.25, 0.3) is 10.9 Å². The van der Waals surface area contributed by atoms with Gasteiger partial charge in [0.2, 0.25) is 0 Å². The van der Waals surface area contributed by atoms with Crippen LogP contribution in [0.1, 0.15) is 60.6 Å². The number of nitriles is 1. The molecular formula is C30H26ClFN8. The van der Waals surface area contributed by atoms with Crippen LogP contribution in [0.4, 0.5) is 15.9 Å². The van der Waals surface area contributed by atoms with E-state index in [-0.39, 0.29) is 11.9 Å². The number of fused-ring (bicyclic) bond motifs is 1. The molecule has 0 aliphatic heterocycles. The second kappa shape index (κ2) is 11.3. The number of benzene rings is 3. The SMILES string of the molecule is N#CCC[C@@H](Nc1ncnc2c(Cl)cc(NC(c3ccc(F)cc3)c3cn(C4CC4)nn3)cc12)c1ccccc1.